The zero-order valence-electron chi connectivity index (χ0n) is 7.55. The highest BCUT2D eigenvalue weighted by molar-refractivity contribution is 7.80. The lowest BCUT2D eigenvalue weighted by Crippen LogP contribution is -1.84. The Morgan fingerprint density at radius 3 is 2.33 bits per heavy atom. The molecule has 0 aliphatic carbocycles. The molecule has 0 aliphatic rings. The summed E-state index contributed by atoms with van der Waals surface area (Å²) >= 11 is 5.01. The Labute approximate surface area is 80.4 Å². The van der Waals surface area contributed by atoms with Crippen molar-refractivity contribution in [2.24, 2.45) is 0 Å². The lowest BCUT2D eigenvalue weighted by atomic mass is 10.1. The van der Waals surface area contributed by atoms with E-state index in [1.165, 1.54) is 31.2 Å². The van der Waals surface area contributed by atoms with Gasteiger partial charge in [0.15, 0.2) is 0 Å². The first-order valence-corrected chi connectivity index (χ1v) is 4.99. The van der Waals surface area contributed by atoms with Crippen molar-refractivity contribution in [3.63, 3.8) is 0 Å². The molecule has 0 nitrogen and oxygen atoms in total. The average Bonchev–Trinajstić information content (AvgIpc) is 2.09. The zero-order valence-corrected chi connectivity index (χ0v) is 8.36. The normalized spacial score (nSPS) is 10.1. The Morgan fingerprint density at radius 2 is 1.75 bits per heavy atom. The van der Waals surface area contributed by atoms with Crippen LogP contribution in [-0.2, 0) is 6.42 Å². The van der Waals surface area contributed by atoms with Gasteiger partial charge in [0.25, 0.3) is 0 Å². The second-order valence-corrected chi connectivity index (χ2v) is 3.57. The van der Waals surface area contributed by atoms with Gasteiger partial charge >= 0.3 is 0 Å². The molecule has 0 saturated carbocycles. The summed E-state index contributed by atoms with van der Waals surface area (Å²) in [7, 11) is 0. The van der Waals surface area contributed by atoms with Crippen LogP contribution in [0.1, 0.15) is 31.7 Å². The van der Waals surface area contributed by atoms with Crippen LogP contribution in [0.25, 0.3) is 0 Å². The molecular weight excluding hydrogens is 164 g/mol. The summed E-state index contributed by atoms with van der Waals surface area (Å²) in [6.07, 6.45) is 5.12. The Bertz CT molecular complexity index is 213. The first kappa shape index (κ1) is 9.53. The number of aryl methyl sites for hydroxylation is 1. The van der Waals surface area contributed by atoms with Gasteiger partial charge in [-0.05, 0) is 30.5 Å². The quantitative estimate of drug-likeness (QED) is 0.613. The molecule has 1 radical (unpaired) electrons. The van der Waals surface area contributed by atoms with E-state index in [1.807, 2.05) is 12.1 Å². The highest BCUT2D eigenvalue weighted by Crippen LogP contribution is 2.10. The molecule has 0 amide bonds. The second kappa shape index (κ2) is 5.15. The lowest BCUT2D eigenvalue weighted by molar-refractivity contribution is 0.717. The molecule has 0 aliphatic heterocycles. The van der Waals surface area contributed by atoms with Crippen molar-refractivity contribution in [2.45, 2.75) is 37.5 Å². The number of rotatable bonds is 4. The molecule has 0 spiro atoms. The largest absolute Gasteiger partial charge is 0.0801 e. The van der Waals surface area contributed by atoms with E-state index in [0.29, 0.717) is 0 Å². The average molecular weight is 179 g/mol. The highest BCUT2D eigenvalue weighted by Gasteiger charge is 1.92. The summed E-state index contributed by atoms with van der Waals surface area (Å²) in [6, 6.07) is 8.29. The molecular formula is C11H15S. The first-order chi connectivity index (χ1) is 5.83. The molecule has 0 heterocycles. The Kier molecular flexibility index (Phi) is 4.09. The molecule has 0 bridgehead atoms. The van der Waals surface area contributed by atoms with Gasteiger partial charge in [0.05, 0.1) is 0 Å². The van der Waals surface area contributed by atoms with Crippen LogP contribution in [0.15, 0.2) is 29.2 Å². The van der Waals surface area contributed by atoms with E-state index in [-0.39, 0.29) is 0 Å². The van der Waals surface area contributed by atoms with E-state index in [1.54, 1.807) is 0 Å². The van der Waals surface area contributed by atoms with Gasteiger partial charge in [-0.25, -0.2) is 0 Å². The molecule has 0 fully saturated rings. The molecule has 1 aromatic carbocycles. The topological polar surface area (TPSA) is 0 Å². The van der Waals surface area contributed by atoms with Crippen LogP contribution in [0.5, 0.6) is 0 Å². The molecule has 0 N–H and O–H groups in total. The van der Waals surface area contributed by atoms with E-state index in [9.17, 15) is 0 Å². The van der Waals surface area contributed by atoms with E-state index in [2.05, 4.69) is 19.1 Å². The maximum Gasteiger partial charge on any atom is 0.0377 e. The van der Waals surface area contributed by atoms with Crippen molar-refractivity contribution in [3.8, 4) is 0 Å². The zero-order chi connectivity index (χ0) is 8.81. The van der Waals surface area contributed by atoms with Crippen LogP contribution < -0.4 is 0 Å². The van der Waals surface area contributed by atoms with Crippen molar-refractivity contribution in [2.75, 3.05) is 0 Å². The summed E-state index contributed by atoms with van der Waals surface area (Å²) < 4.78 is 0. The third kappa shape index (κ3) is 3.22. The number of unbranched alkanes of at least 4 members (excludes halogenated alkanes) is 2. The van der Waals surface area contributed by atoms with Crippen molar-refractivity contribution in [3.05, 3.63) is 29.8 Å². The molecule has 0 aromatic heterocycles. The molecule has 1 aromatic rings. The highest BCUT2D eigenvalue weighted by atomic mass is 32.1. The van der Waals surface area contributed by atoms with Crippen LogP contribution in [-0.4, -0.2) is 0 Å². The van der Waals surface area contributed by atoms with Gasteiger partial charge < -0.3 is 0 Å². The summed E-state index contributed by atoms with van der Waals surface area (Å²) in [5, 5.41) is 0. The van der Waals surface area contributed by atoms with Gasteiger partial charge in [-0.2, -0.15) is 0 Å². The van der Waals surface area contributed by atoms with Crippen molar-refractivity contribution in [1.82, 2.24) is 0 Å². The monoisotopic (exact) mass is 179 g/mol. The molecule has 12 heavy (non-hydrogen) atoms. The maximum absolute atomic E-state index is 5.01. The van der Waals surface area contributed by atoms with Gasteiger partial charge in [-0.15, -0.1) is 0 Å². The van der Waals surface area contributed by atoms with E-state index in [4.69, 9.17) is 12.6 Å². The number of hydrogen-bond donors (Lipinski definition) is 0. The summed E-state index contributed by atoms with van der Waals surface area (Å²) in [5.41, 5.74) is 1.41. The predicted molar refractivity (Wildman–Crippen MR) is 55.5 cm³/mol. The van der Waals surface area contributed by atoms with Crippen LogP contribution in [0, 0.1) is 0 Å². The van der Waals surface area contributed by atoms with Crippen molar-refractivity contribution >= 4 is 12.6 Å². The fraction of sp³-hybridized carbons (Fsp3) is 0.455. The third-order valence-corrected chi connectivity index (χ3v) is 2.26. The smallest absolute Gasteiger partial charge is 0.0377 e. The minimum Gasteiger partial charge on any atom is -0.0801 e. The Hall–Kier alpha value is -0.560. The van der Waals surface area contributed by atoms with Gasteiger partial charge in [0.2, 0.25) is 0 Å². The van der Waals surface area contributed by atoms with Gasteiger partial charge in [-0.3, -0.25) is 0 Å². The first-order valence-electron chi connectivity index (χ1n) is 4.59. The van der Waals surface area contributed by atoms with Crippen molar-refractivity contribution < 1.29 is 0 Å². The minimum absolute atomic E-state index is 0.939. The van der Waals surface area contributed by atoms with Gasteiger partial charge in [0.1, 0.15) is 0 Å². The molecule has 0 saturated heterocycles. The minimum atomic E-state index is 0.939. The standard InChI is InChI=1S/C11H15S/c1-2-3-4-5-10-6-8-11(12)9-7-10/h6-9H,2-5H2,1H3. The summed E-state index contributed by atoms with van der Waals surface area (Å²) in [6.45, 7) is 2.23. The third-order valence-electron chi connectivity index (χ3n) is 1.99. The number of hydrogen-bond acceptors (Lipinski definition) is 0. The molecule has 1 rings (SSSR count). The molecule has 0 unspecified atom stereocenters. The Balaban J connectivity index is 2.37. The molecule has 65 valence electrons. The number of benzene rings is 1. The Morgan fingerprint density at radius 1 is 1.08 bits per heavy atom. The maximum atomic E-state index is 5.01. The van der Waals surface area contributed by atoms with Crippen LogP contribution in [0.4, 0.5) is 0 Å². The SMILES string of the molecule is CCCCCc1ccc([S])cc1. The van der Waals surface area contributed by atoms with Crippen molar-refractivity contribution in [1.29, 1.82) is 0 Å². The van der Waals surface area contributed by atoms with Gasteiger partial charge in [0, 0.05) is 4.90 Å². The second-order valence-electron chi connectivity index (χ2n) is 3.10. The van der Waals surface area contributed by atoms with Gasteiger partial charge in [-0.1, -0.05) is 44.5 Å². The lowest BCUT2D eigenvalue weighted by Gasteiger charge is -1.99. The fourth-order valence-electron chi connectivity index (χ4n) is 1.24. The van der Waals surface area contributed by atoms with E-state index in [0.717, 1.165) is 4.90 Å². The summed E-state index contributed by atoms with van der Waals surface area (Å²) in [4.78, 5) is 0.939. The van der Waals surface area contributed by atoms with E-state index < -0.39 is 0 Å². The van der Waals surface area contributed by atoms with E-state index >= 15 is 0 Å². The predicted octanol–water partition coefficient (Wildman–Crippen LogP) is 3.98. The molecule has 1 heteroatoms. The van der Waals surface area contributed by atoms with Crippen LogP contribution in [0.2, 0.25) is 0 Å². The fourth-order valence-corrected chi connectivity index (χ4v) is 1.37. The van der Waals surface area contributed by atoms with Crippen LogP contribution in [0.3, 0.4) is 0 Å². The molecule has 0 atom stereocenters. The van der Waals surface area contributed by atoms with Crippen LogP contribution >= 0.6 is 12.6 Å². The summed E-state index contributed by atoms with van der Waals surface area (Å²) in [5.74, 6) is 0.